The standard InChI is InChI=1S/C17H15FN2OS.C2H6/c1-2-11-7-8-14-15(9-11)22-17(19-14)20-16(21)12-5-3-4-6-13(18)10-12;1-2/h3-10,13H,2H2,1H3,(H,19,20,21);1-2H3. The molecule has 0 aliphatic heterocycles. The highest BCUT2D eigenvalue weighted by atomic mass is 32.1. The Morgan fingerprint density at radius 2 is 2.12 bits per heavy atom. The van der Waals surface area contributed by atoms with Crippen LogP contribution in [0.5, 0.6) is 0 Å². The number of amides is 1. The van der Waals surface area contributed by atoms with E-state index in [1.54, 1.807) is 18.2 Å². The number of hydrogen-bond acceptors (Lipinski definition) is 3. The molecule has 0 spiro atoms. The third kappa shape index (κ3) is 4.38. The molecule has 0 saturated carbocycles. The van der Waals surface area contributed by atoms with Crippen LogP contribution in [0.3, 0.4) is 0 Å². The summed E-state index contributed by atoms with van der Waals surface area (Å²) < 4.78 is 14.5. The Kier molecular flexibility index (Phi) is 6.44. The fraction of sp³-hybridized carbons (Fsp3) is 0.263. The summed E-state index contributed by atoms with van der Waals surface area (Å²) in [5, 5.41) is 3.26. The lowest BCUT2D eigenvalue weighted by atomic mass is 10.2. The van der Waals surface area contributed by atoms with Crippen molar-refractivity contribution >= 4 is 32.6 Å². The molecule has 5 heteroatoms. The lowest BCUT2D eigenvalue weighted by molar-refractivity contribution is -0.112. The number of benzene rings is 1. The van der Waals surface area contributed by atoms with Crippen molar-refractivity contribution in [3.05, 3.63) is 59.7 Å². The van der Waals surface area contributed by atoms with Crippen LogP contribution in [-0.4, -0.2) is 17.1 Å². The van der Waals surface area contributed by atoms with Gasteiger partial charge >= 0.3 is 0 Å². The average Bonchev–Trinajstić information content (AvgIpc) is 2.86. The first kappa shape index (κ1) is 18.1. The third-order valence-electron chi connectivity index (χ3n) is 3.36. The Labute approximate surface area is 145 Å². The van der Waals surface area contributed by atoms with Crippen LogP contribution in [0, 0.1) is 0 Å². The van der Waals surface area contributed by atoms with Crippen molar-refractivity contribution < 1.29 is 9.18 Å². The molecule has 3 nitrogen and oxygen atoms in total. The quantitative estimate of drug-likeness (QED) is 0.830. The molecule has 1 unspecified atom stereocenters. The summed E-state index contributed by atoms with van der Waals surface area (Å²) in [5.41, 5.74) is 2.38. The molecular formula is C19H21FN2OS. The average molecular weight is 344 g/mol. The number of carbonyl (C=O) groups excluding carboxylic acids is 1. The fourth-order valence-corrected chi connectivity index (χ4v) is 3.10. The van der Waals surface area contributed by atoms with Crippen LogP contribution in [0.1, 0.15) is 26.3 Å². The van der Waals surface area contributed by atoms with Gasteiger partial charge in [-0.05, 0) is 42.3 Å². The number of hydrogen-bond donors (Lipinski definition) is 1. The molecule has 1 heterocycles. The molecule has 0 saturated heterocycles. The highest BCUT2D eigenvalue weighted by Gasteiger charge is 2.13. The third-order valence-corrected chi connectivity index (χ3v) is 4.30. The zero-order valence-corrected chi connectivity index (χ0v) is 14.9. The molecule has 1 aromatic heterocycles. The Hall–Kier alpha value is -2.27. The van der Waals surface area contributed by atoms with E-state index in [2.05, 4.69) is 23.3 Å². The second-order valence-electron chi connectivity index (χ2n) is 4.94. The minimum absolute atomic E-state index is 0.297. The van der Waals surface area contributed by atoms with Crippen molar-refractivity contribution in [2.45, 2.75) is 33.4 Å². The SMILES string of the molecule is CC.CCc1ccc2nc(NC(=O)C3=CC(F)C=CC=C3)sc2c1. The van der Waals surface area contributed by atoms with Gasteiger partial charge in [-0.3, -0.25) is 10.1 Å². The number of thiazole rings is 1. The van der Waals surface area contributed by atoms with Crippen molar-refractivity contribution in [3.63, 3.8) is 0 Å². The van der Waals surface area contributed by atoms with Gasteiger partial charge in [0.2, 0.25) is 0 Å². The smallest absolute Gasteiger partial charge is 0.257 e. The van der Waals surface area contributed by atoms with Crippen molar-refractivity contribution in [1.29, 1.82) is 0 Å². The minimum Gasteiger partial charge on any atom is -0.298 e. The van der Waals surface area contributed by atoms with E-state index in [0.29, 0.717) is 10.7 Å². The number of aromatic nitrogens is 1. The van der Waals surface area contributed by atoms with Gasteiger partial charge in [0.15, 0.2) is 5.13 Å². The first-order valence-electron chi connectivity index (χ1n) is 8.07. The molecule has 0 bridgehead atoms. The predicted octanol–water partition coefficient (Wildman–Crippen LogP) is 5.21. The first-order chi connectivity index (χ1) is 11.7. The van der Waals surface area contributed by atoms with Gasteiger partial charge in [-0.2, -0.15) is 0 Å². The Bertz CT molecular complexity index is 805. The van der Waals surface area contributed by atoms with Gasteiger partial charge in [0, 0.05) is 5.57 Å². The number of carbonyl (C=O) groups is 1. The molecule has 1 aromatic carbocycles. The van der Waals surface area contributed by atoms with Gasteiger partial charge in [0.1, 0.15) is 6.17 Å². The summed E-state index contributed by atoms with van der Waals surface area (Å²) in [6.07, 6.45) is 7.21. The fourth-order valence-electron chi connectivity index (χ4n) is 2.18. The van der Waals surface area contributed by atoms with Crippen LogP contribution in [0.15, 0.2) is 54.2 Å². The summed E-state index contributed by atoms with van der Waals surface area (Å²) in [6.45, 7) is 6.09. The first-order valence-corrected chi connectivity index (χ1v) is 8.89. The molecule has 1 atom stereocenters. The van der Waals surface area contributed by atoms with E-state index in [1.807, 2.05) is 26.0 Å². The van der Waals surface area contributed by atoms with Crippen LogP contribution in [0.4, 0.5) is 9.52 Å². The zero-order chi connectivity index (χ0) is 17.5. The van der Waals surface area contributed by atoms with E-state index in [0.717, 1.165) is 16.6 Å². The van der Waals surface area contributed by atoms with Crippen LogP contribution in [-0.2, 0) is 11.2 Å². The Balaban J connectivity index is 0.00000100. The van der Waals surface area contributed by atoms with E-state index >= 15 is 0 Å². The number of nitrogens with zero attached hydrogens (tertiary/aromatic N) is 1. The summed E-state index contributed by atoms with van der Waals surface area (Å²) in [6, 6.07) is 6.06. The highest BCUT2D eigenvalue weighted by Crippen LogP contribution is 2.27. The number of halogens is 1. The maximum absolute atomic E-state index is 13.4. The van der Waals surface area contributed by atoms with E-state index in [9.17, 15) is 9.18 Å². The molecule has 1 aliphatic rings. The van der Waals surface area contributed by atoms with Gasteiger partial charge in [-0.1, -0.05) is 50.3 Å². The molecule has 2 aromatic rings. The second kappa shape index (κ2) is 8.55. The normalized spacial score (nSPS) is 16.2. The van der Waals surface area contributed by atoms with Gasteiger partial charge < -0.3 is 0 Å². The topological polar surface area (TPSA) is 42.0 Å². The Morgan fingerprint density at radius 3 is 2.88 bits per heavy atom. The maximum Gasteiger partial charge on any atom is 0.257 e. The molecule has 3 rings (SSSR count). The number of rotatable bonds is 3. The largest absolute Gasteiger partial charge is 0.298 e. The molecule has 24 heavy (non-hydrogen) atoms. The highest BCUT2D eigenvalue weighted by molar-refractivity contribution is 7.22. The molecule has 1 amide bonds. The molecule has 126 valence electrons. The second-order valence-corrected chi connectivity index (χ2v) is 5.97. The van der Waals surface area contributed by atoms with Crippen LogP contribution in [0.25, 0.3) is 10.2 Å². The zero-order valence-electron chi connectivity index (χ0n) is 14.0. The maximum atomic E-state index is 13.4. The van der Waals surface area contributed by atoms with E-state index < -0.39 is 6.17 Å². The summed E-state index contributed by atoms with van der Waals surface area (Å²) >= 11 is 1.42. The predicted molar refractivity (Wildman–Crippen MR) is 100 cm³/mol. The summed E-state index contributed by atoms with van der Waals surface area (Å²) in [7, 11) is 0. The van der Waals surface area contributed by atoms with Crippen molar-refractivity contribution in [2.24, 2.45) is 0 Å². The number of allylic oxidation sites excluding steroid dienone is 4. The number of nitrogens with one attached hydrogen (secondary N) is 1. The number of aryl methyl sites for hydroxylation is 1. The minimum atomic E-state index is -1.25. The van der Waals surface area contributed by atoms with Crippen molar-refractivity contribution in [1.82, 2.24) is 4.98 Å². The van der Waals surface area contributed by atoms with Crippen molar-refractivity contribution in [3.8, 4) is 0 Å². The molecular weight excluding hydrogens is 323 g/mol. The van der Waals surface area contributed by atoms with Crippen molar-refractivity contribution in [2.75, 3.05) is 5.32 Å². The lowest BCUT2D eigenvalue weighted by Gasteiger charge is -2.02. The summed E-state index contributed by atoms with van der Waals surface area (Å²) in [4.78, 5) is 16.6. The van der Waals surface area contributed by atoms with Gasteiger partial charge in [0.05, 0.1) is 10.2 Å². The Morgan fingerprint density at radius 1 is 1.33 bits per heavy atom. The van der Waals surface area contributed by atoms with E-state index in [4.69, 9.17) is 0 Å². The lowest BCUT2D eigenvalue weighted by Crippen LogP contribution is -2.13. The van der Waals surface area contributed by atoms with Crippen LogP contribution >= 0.6 is 11.3 Å². The van der Waals surface area contributed by atoms with Crippen LogP contribution < -0.4 is 5.32 Å². The van der Waals surface area contributed by atoms with Gasteiger partial charge in [-0.15, -0.1) is 0 Å². The molecule has 1 aliphatic carbocycles. The van der Waals surface area contributed by atoms with E-state index in [1.165, 1.54) is 29.1 Å². The van der Waals surface area contributed by atoms with Gasteiger partial charge in [-0.25, -0.2) is 9.37 Å². The monoisotopic (exact) mass is 344 g/mol. The van der Waals surface area contributed by atoms with Crippen LogP contribution in [0.2, 0.25) is 0 Å². The number of alkyl halides is 1. The number of fused-ring (bicyclic) bond motifs is 1. The van der Waals surface area contributed by atoms with E-state index in [-0.39, 0.29) is 5.91 Å². The summed E-state index contributed by atoms with van der Waals surface area (Å²) in [5.74, 6) is -0.350. The molecule has 0 fully saturated rings. The molecule has 0 radical (unpaired) electrons. The molecule has 1 N–H and O–H groups in total. The van der Waals surface area contributed by atoms with Gasteiger partial charge in [0.25, 0.3) is 5.91 Å². The number of anilines is 1.